The molecule has 0 spiro atoms. The molecule has 0 aromatic heterocycles. The predicted octanol–water partition coefficient (Wildman–Crippen LogP) is 5.89. The summed E-state index contributed by atoms with van der Waals surface area (Å²) < 4.78 is 0.916. The molecule has 0 unspecified atom stereocenters. The maximum atomic E-state index is 13.0. The number of carbonyl (C=O) groups is 1. The number of fused-ring (bicyclic) bond motifs is 1. The molecule has 0 radical (unpaired) electrons. The van der Waals surface area contributed by atoms with Crippen LogP contribution in [0.5, 0.6) is 0 Å². The van der Waals surface area contributed by atoms with Crippen LogP contribution in [0, 0.1) is 10.1 Å². The van der Waals surface area contributed by atoms with Gasteiger partial charge < -0.3 is 10.6 Å². The summed E-state index contributed by atoms with van der Waals surface area (Å²) >= 11 is 3.46. The molecule has 0 saturated carbocycles. The monoisotopic (exact) mass is 518 g/mol. The van der Waals surface area contributed by atoms with Gasteiger partial charge in [-0.05, 0) is 67.4 Å². The van der Waals surface area contributed by atoms with Crippen LogP contribution in [0.4, 0.5) is 17.1 Å². The molecule has 0 aliphatic carbocycles. The number of nitrogens with zero attached hydrogens (tertiary/aromatic N) is 2. The minimum atomic E-state index is -0.452. The molecule has 3 aromatic carbocycles. The third kappa shape index (κ3) is 4.60. The number of nitro groups is 1. The first-order valence-corrected chi connectivity index (χ1v) is 12.0. The molecule has 5 rings (SSSR count). The molecule has 34 heavy (non-hydrogen) atoms. The second-order valence-electron chi connectivity index (χ2n) is 8.50. The van der Waals surface area contributed by atoms with Gasteiger partial charge in [0.2, 0.25) is 0 Å². The van der Waals surface area contributed by atoms with Crippen molar-refractivity contribution in [3.63, 3.8) is 0 Å². The molecular weight excluding hydrogens is 496 g/mol. The fourth-order valence-corrected chi connectivity index (χ4v) is 4.71. The highest BCUT2D eigenvalue weighted by Gasteiger charge is 2.30. The van der Waals surface area contributed by atoms with E-state index in [1.165, 1.54) is 30.5 Å². The normalized spacial score (nSPS) is 16.8. The number of halogens is 1. The van der Waals surface area contributed by atoms with E-state index in [-0.39, 0.29) is 11.6 Å². The lowest BCUT2D eigenvalue weighted by molar-refractivity contribution is -0.384. The Balaban J connectivity index is 1.54. The highest BCUT2D eigenvalue weighted by atomic mass is 79.9. The van der Waals surface area contributed by atoms with Crippen molar-refractivity contribution in [2.75, 3.05) is 23.7 Å². The van der Waals surface area contributed by atoms with Crippen LogP contribution in [0.3, 0.4) is 0 Å². The number of hydrogen-bond acceptors (Lipinski definition) is 5. The van der Waals surface area contributed by atoms with E-state index in [0.29, 0.717) is 22.5 Å². The van der Waals surface area contributed by atoms with E-state index < -0.39 is 4.92 Å². The molecule has 1 fully saturated rings. The van der Waals surface area contributed by atoms with Gasteiger partial charge in [-0.2, -0.15) is 0 Å². The van der Waals surface area contributed by atoms with Crippen LogP contribution < -0.4 is 10.6 Å². The van der Waals surface area contributed by atoms with Crippen LogP contribution >= 0.6 is 15.9 Å². The zero-order valence-electron chi connectivity index (χ0n) is 18.4. The number of likely N-dealkylation sites (tertiary alicyclic amines) is 1. The second kappa shape index (κ2) is 9.40. The SMILES string of the molecule is O=C1Nc2ccc([N+](=O)[O-])cc2/C1=C(/Nc1ccc(CN2CCCC2)cc1)c1ccc(Br)cc1. The first kappa shape index (κ1) is 22.3. The van der Waals surface area contributed by atoms with Crippen molar-refractivity contribution in [1.29, 1.82) is 0 Å². The first-order chi connectivity index (χ1) is 16.5. The number of anilines is 2. The number of nitro benzene ring substituents is 1. The van der Waals surface area contributed by atoms with Crippen LogP contribution in [-0.4, -0.2) is 28.8 Å². The van der Waals surface area contributed by atoms with Crippen molar-refractivity contribution in [2.24, 2.45) is 0 Å². The maximum absolute atomic E-state index is 13.0. The quantitative estimate of drug-likeness (QED) is 0.241. The molecule has 2 N–H and O–H groups in total. The Morgan fingerprint density at radius 2 is 1.74 bits per heavy atom. The zero-order chi connectivity index (χ0) is 23.7. The zero-order valence-corrected chi connectivity index (χ0v) is 20.0. The van der Waals surface area contributed by atoms with Gasteiger partial charge in [-0.3, -0.25) is 19.8 Å². The molecule has 172 valence electrons. The topological polar surface area (TPSA) is 87.5 Å². The van der Waals surface area contributed by atoms with E-state index in [2.05, 4.69) is 43.6 Å². The summed E-state index contributed by atoms with van der Waals surface area (Å²) in [5, 5.41) is 17.6. The lowest BCUT2D eigenvalue weighted by Crippen LogP contribution is -2.18. The average Bonchev–Trinajstić information content (AvgIpc) is 3.45. The summed E-state index contributed by atoms with van der Waals surface area (Å²) in [5.41, 5.74) is 4.85. The Morgan fingerprint density at radius 3 is 2.41 bits per heavy atom. The van der Waals surface area contributed by atoms with Crippen molar-refractivity contribution >= 4 is 50.2 Å². The Hall–Kier alpha value is -3.49. The predicted molar refractivity (Wildman–Crippen MR) is 137 cm³/mol. The fourth-order valence-electron chi connectivity index (χ4n) is 4.45. The largest absolute Gasteiger partial charge is 0.354 e. The van der Waals surface area contributed by atoms with Gasteiger partial charge in [0.25, 0.3) is 11.6 Å². The van der Waals surface area contributed by atoms with Crippen molar-refractivity contribution < 1.29 is 9.72 Å². The van der Waals surface area contributed by atoms with Gasteiger partial charge in [0.1, 0.15) is 0 Å². The summed E-state index contributed by atoms with van der Waals surface area (Å²) in [7, 11) is 0. The number of amides is 1. The highest BCUT2D eigenvalue weighted by molar-refractivity contribution is 9.10. The minimum absolute atomic E-state index is 0.0610. The van der Waals surface area contributed by atoms with Crippen molar-refractivity contribution in [3.8, 4) is 0 Å². The minimum Gasteiger partial charge on any atom is -0.354 e. The van der Waals surface area contributed by atoms with E-state index in [0.717, 1.165) is 35.4 Å². The number of non-ortho nitro benzene ring substituents is 1. The number of carbonyl (C=O) groups excluding carboxylic acids is 1. The lowest BCUT2D eigenvalue weighted by Gasteiger charge is -2.17. The molecule has 8 heteroatoms. The average molecular weight is 519 g/mol. The van der Waals surface area contributed by atoms with Gasteiger partial charge in [-0.15, -0.1) is 0 Å². The second-order valence-corrected chi connectivity index (χ2v) is 9.42. The molecule has 1 amide bonds. The Kier molecular flexibility index (Phi) is 6.17. The number of rotatable bonds is 6. The van der Waals surface area contributed by atoms with Gasteiger partial charge >= 0.3 is 0 Å². The maximum Gasteiger partial charge on any atom is 0.270 e. The van der Waals surface area contributed by atoms with Crippen molar-refractivity contribution in [1.82, 2.24) is 4.90 Å². The summed E-state index contributed by atoms with van der Waals surface area (Å²) in [4.78, 5) is 26.4. The molecule has 3 aromatic rings. The number of benzene rings is 3. The highest BCUT2D eigenvalue weighted by Crippen LogP contribution is 2.39. The number of nitrogens with one attached hydrogen (secondary N) is 2. The van der Waals surface area contributed by atoms with Gasteiger partial charge in [0.05, 0.1) is 16.2 Å². The lowest BCUT2D eigenvalue weighted by atomic mass is 9.99. The van der Waals surface area contributed by atoms with E-state index in [1.807, 2.05) is 36.4 Å². The summed E-state index contributed by atoms with van der Waals surface area (Å²) in [5.74, 6) is -0.299. The van der Waals surface area contributed by atoms with Crippen LogP contribution in [0.2, 0.25) is 0 Å². The van der Waals surface area contributed by atoms with Gasteiger partial charge in [-0.25, -0.2) is 0 Å². The first-order valence-electron chi connectivity index (χ1n) is 11.2. The molecule has 2 aliphatic heterocycles. The van der Waals surface area contributed by atoms with Crippen molar-refractivity contribution in [3.05, 3.63) is 98.0 Å². The summed E-state index contributed by atoms with van der Waals surface area (Å²) in [6.07, 6.45) is 2.51. The van der Waals surface area contributed by atoms with Crippen LogP contribution in [0.25, 0.3) is 11.3 Å². The van der Waals surface area contributed by atoms with Crippen LogP contribution in [-0.2, 0) is 11.3 Å². The standard InChI is InChI=1S/C26H23BrN4O3/c27-19-7-5-18(6-8-19)25(24-22-15-21(31(33)34)11-12-23(22)29-26(24)32)28-20-9-3-17(4-10-20)16-30-13-1-2-14-30/h3-12,15,28H,1-2,13-14,16H2,(H,29,32)/b25-24-. The van der Waals surface area contributed by atoms with Crippen molar-refractivity contribution in [2.45, 2.75) is 19.4 Å². The smallest absolute Gasteiger partial charge is 0.270 e. The molecule has 0 bridgehead atoms. The van der Waals surface area contributed by atoms with Crippen LogP contribution in [0.15, 0.2) is 71.2 Å². The van der Waals surface area contributed by atoms with E-state index >= 15 is 0 Å². The molecule has 1 saturated heterocycles. The molecule has 2 aliphatic rings. The third-order valence-corrected chi connectivity index (χ3v) is 6.70. The molecule has 2 heterocycles. The van der Waals surface area contributed by atoms with E-state index in [4.69, 9.17) is 0 Å². The fraction of sp³-hybridized carbons (Fsp3) is 0.192. The summed E-state index contributed by atoms with van der Waals surface area (Å²) in [6.45, 7) is 3.21. The van der Waals surface area contributed by atoms with Gasteiger partial charge in [-0.1, -0.05) is 40.2 Å². The molecule has 0 atom stereocenters. The van der Waals surface area contributed by atoms with Gasteiger partial charge in [0.15, 0.2) is 0 Å². The Bertz CT molecular complexity index is 1280. The van der Waals surface area contributed by atoms with E-state index in [9.17, 15) is 14.9 Å². The van der Waals surface area contributed by atoms with E-state index in [1.54, 1.807) is 6.07 Å². The van der Waals surface area contributed by atoms with Crippen LogP contribution in [0.1, 0.15) is 29.5 Å². The molecular formula is C26H23BrN4O3. The molecule has 7 nitrogen and oxygen atoms in total. The third-order valence-electron chi connectivity index (χ3n) is 6.17. The summed E-state index contributed by atoms with van der Waals surface area (Å²) in [6, 6.07) is 20.2. The van der Waals surface area contributed by atoms with Gasteiger partial charge in [0, 0.05) is 40.1 Å². The Labute approximate surface area is 205 Å². The Morgan fingerprint density at radius 1 is 1.03 bits per heavy atom. The number of hydrogen-bond donors (Lipinski definition) is 2.